The molecule has 0 bridgehead atoms. The second-order valence-corrected chi connectivity index (χ2v) is 7.56. The molecule has 0 aromatic carbocycles. The fourth-order valence-electron chi connectivity index (χ4n) is 2.24. The van der Waals surface area contributed by atoms with Crippen molar-refractivity contribution in [3.8, 4) is 10.6 Å². The molecule has 0 spiro atoms. The van der Waals surface area contributed by atoms with Crippen LogP contribution < -0.4 is 10.6 Å². The summed E-state index contributed by atoms with van der Waals surface area (Å²) < 4.78 is 0. The molecule has 0 radical (unpaired) electrons. The van der Waals surface area contributed by atoms with Gasteiger partial charge in [-0.25, -0.2) is 0 Å². The number of hydrogen-bond acceptors (Lipinski definition) is 5. The molecule has 3 heterocycles. The maximum absolute atomic E-state index is 12.0. The number of thiophene rings is 2. The number of hydrogen-bond donors (Lipinski definition) is 3. The number of nitrogens with one attached hydrogen (secondary N) is 3. The van der Waals surface area contributed by atoms with Crippen molar-refractivity contribution in [2.45, 2.75) is 19.8 Å². The van der Waals surface area contributed by atoms with Crippen LogP contribution in [-0.2, 0) is 4.79 Å². The van der Waals surface area contributed by atoms with Gasteiger partial charge in [0.05, 0.1) is 10.6 Å². The van der Waals surface area contributed by atoms with E-state index in [9.17, 15) is 9.59 Å². The number of rotatable bonds is 7. The van der Waals surface area contributed by atoms with Gasteiger partial charge in [0.25, 0.3) is 5.91 Å². The molecular weight excluding hydrogens is 356 g/mol. The third-order valence-corrected chi connectivity index (χ3v) is 5.22. The van der Waals surface area contributed by atoms with Crippen molar-refractivity contribution in [3.05, 3.63) is 45.5 Å². The Morgan fingerprint density at radius 2 is 2.16 bits per heavy atom. The van der Waals surface area contributed by atoms with E-state index in [0.717, 1.165) is 10.6 Å². The van der Waals surface area contributed by atoms with Gasteiger partial charge in [0, 0.05) is 34.9 Å². The van der Waals surface area contributed by atoms with E-state index >= 15 is 0 Å². The lowest BCUT2D eigenvalue weighted by molar-refractivity contribution is -0.116. The molecule has 0 aliphatic carbocycles. The predicted molar refractivity (Wildman–Crippen MR) is 101 cm³/mol. The van der Waals surface area contributed by atoms with E-state index in [0.29, 0.717) is 30.8 Å². The van der Waals surface area contributed by atoms with Crippen LogP contribution in [0.15, 0.2) is 35.0 Å². The highest BCUT2D eigenvalue weighted by atomic mass is 32.1. The lowest BCUT2D eigenvalue weighted by Crippen LogP contribution is -2.25. The first-order valence-corrected chi connectivity index (χ1v) is 9.60. The topological polar surface area (TPSA) is 86.9 Å². The number of aromatic nitrogens is 2. The minimum atomic E-state index is -0.120. The molecule has 6 nitrogen and oxygen atoms in total. The van der Waals surface area contributed by atoms with Crippen LogP contribution in [0.2, 0.25) is 0 Å². The molecule has 3 aromatic rings. The van der Waals surface area contributed by atoms with Crippen molar-refractivity contribution in [1.82, 2.24) is 15.5 Å². The minimum Gasteiger partial charge on any atom is -0.352 e. The van der Waals surface area contributed by atoms with Crippen LogP contribution in [0.1, 0.15) is 28.1 Å². The number of H-pyrrole nitrogens is 1. The maximum Gasteiger partial charge on any atom is 0.252 e. The van der Waals surface area contributed by atoms with E-state index in [1.54, 1.807) is 22.8 Å². The minimum absolute atomic E-state index is 0.107. The Bertz CT molecular complexity index is 852. The second-order valence-electron chi connectivity index (χ2n) is 5.50. The Balaban J connectivity index is 1.41. The molecule has 0 fully saturated rings. The summed E-state index contributed by atoms with van der Waals surface area (Å²) in [5.41, 5.74) is 1.54. The largest absolute Gasteiger partial charge is 0.352 e. The lowest BCUT2D eigenvalue weighted by atomic mass is 10.2. The summed E-state index contributed by atoms with van der Waals surface area (Å²) in [6.07, 6.45) is 0.896. The van der Waals surface area contributed by atoms with Crippen LogP contribution in [0.3, 0.4) is 0 Å². The molecule has 0 aliphatic heterocycles. The SMILES string of the molecule is Cc1ccc(-c2cc(NC(=O)CCCNC(=O)c3ccsc3)n[nH]2)s1. The standard InChI is InChI=1S/C17H18N4O2S2/c1-11-4-5-14(25-11)13-9-15(21-20-13)19-16(22)3-2-7-18-17(23)12-6-8-24-10-12/h4-6,8-10H,2-3,7H2,1H3,(H,18,23)(H2,19,20,21,22). The first-order chi connectivity index (χ1) is 12.1. The Morgan fingerprint density at radius 1 is 1.28 bits per heavy atom. The molecule has 8 heteroatoms. The Hall–Kier alpha value is -2.45. The number of carbonyl (C=O) groups is 2. The van der Waals surface area contributed by atoms with Crippen molar-refractivity contribution < 1.29 is 9.59 Å². The number of amides is 2. The van der Waals surface area contributed by atoms with Crippen molar-refractivity contribution in [3.63, 3.8) is 0 Å². The van der Waals surface area contributed by atoms with Crippen LogP contribution in [0.25, 0.3) is 10.6 Å². The van der Waals surface area contributed by atoms with Gasteiger partial charge in [0.2, 0.25) is 5.91 Å². The summed E-state index contributed by atoms with van der Waals surface area (Å²) in [5.74, 6) is 0.281. The Kier molecular flexibility index (Phi) is 5.62. The third-order valence-electron chi connectivity index (χ3n) is 3.50. The first-order valence-electron chi connectivity index (χ1n) is 7.84. The monoisotopic (exact) mass is 374 g/mol. The molecule has 0 aliphatic rings. The average molecular weight is 374 g/mol. The predicted octanol–water partition coefficient (Wildman–Crippen LogP) is 3.66. The molecule has 25 heavy (non-hydrogen) atoms. The maximum atomic E-state index is 12.0. The van der Waals surface area contributed by atoms with Crippen molar-refractivity contribution in [1.29, 1.82) is 0 Å². The van der Waals surface area contributed by atoms with E-state index in [1.165, 1.54) is 16.2 Å². The van der Waals surface area contributed by atoms with Gasteiger partial charge in [0.1, 0.15) is 0 Å². The summed E-state index contributed by atoms with van der Waals surface area (Å²) in [6.45, 7) is 2.51. The zero-order valence-electron chi connectivity index (χ0n) is 13.7. The van der Waals surface area contributed by atoms with Gasteiger partial charge in [-0.3, -0.25) is 14.7 Å². The molecule has 3 N–H and O–H groups in total. The molecule has 130 valence electrons. The third kappa shape index (κ3) is 4.77. The van der Waals surface area contributed by atoms with Crippen LogP contribution in [0.4, 0.5) is 5.82 Å². The molecule has 2 amide bonds. The number of aromatic amines is 1. The van der Waals surface area contributed by atoms with E-state index in [4.69, 9.17) is 0 Å². The van der Waals surface area contributed by atoms with Gasteiger partial charge in [-0.05, 0) is 36.9 Å². The highest BCUT2D eigenvalue weighted by Crippen LogP contribution is 2.27. The fourth-order valence-corrected chi connectivity index (χ4v) is 3.71. The van der Waals surface area contributed by atoms with Gasteiger partial charge in [-0.2, -0.15) is 16.4 Å². The number of nitrogens with zero attached hydrogens (tertiary/aromatic N) is 1. The van der Waals surface area contributed by atoms with Gasteiger partial charge in [-0.1, -0.05) is 0 Å². The number of anilines is 1. The molecule has 3 rings (SSSR count). The average Bonchev–Trinajstić information content (AvgIpc) is 3.32. The van der Waals surface area contributed by atoms with Crippen LogP contribution in [-0.4, -0.2) is 28.6 Å². The van der Waals surface area contributed by atoms with Gasteiger partial charge in [-0.15, -0.1) is 11.3 Å². The van der Waals surface area contributed by atoms with E-state index in [1.807, 2.05) is 30.5 Å². The van der Waals surface area contributed by atoms with Crippen LogP contribution >= 0.6 is 22.7 Å². The van der Waals surface area contributed by atoms with E-state index < -0.39 is 0 Å². The van der Waals surface area contributed by atoms with Crippen LogP contribution in [0.5, 0.6) is 0 Å². The van der Waals surface area contributed by atoms with Crippen molar-refractivity contribution in [2.75, 3.05) is 11.9 Å². The van der Waals surface area contributed by atoms with E-state index in [-0.39, 0.29) is 11.8 Å². The molecule has 0 unspecified atom stereocenters. The zero-order chi connectivity index (χ0) is 17.6. The molecular formula is C17H18N4O2S2. The van der Waals surface area contributed by atoms with Crippen LogP contribution in [0, 0.1) is 6.92 Å². The Morgan fingerprint density at radius 3 is 2.88 bits per heavy atom. The number of aryl methyl sites for hydroxylation is 1. The quantitative estimate of drug-likeness (QED) is 0.552. The van der Waals surface area contributed by atoms with Gasteiger partial charge < -0.3 is 10.6 Å². The first kappa shape index (κ1) is 17.4. The van der Waals surface area contributed by atoms with Gasteiger partial charge >= 0.3 is 0 Å². The summed E-state index contributed by atoms with van der Waals surface area (Å²) in [7, 11) is 0. The Labute approximate surface area is 153 Å². The van der Waals surface area contributed by atoms with E-state index in [2.05, 4.69) is 20.8 Å². The van der Waals surface area contributed by atoms with Gasteiger partial charge in [0.15, 0.2) is 5.82 Å². The normalized spacial score (nSPS) is 10.6. The lowest BCUT2D eigenvalue weighted by Gasteiger charge is -2.04. The fraction of sp³-hybridized carbons (Fsp3) is 0.235. The second kappa shape index (κ2) is 8.09. The highest BCUT2D eigenvalue weighted by Gasteiger charge is 2.09. The molecule has 0 atom stereocenters. The summed E-state index contributed by atoms with van der Waals surface area (Å²) in [5, 5.41) is 16.3. The van der Waals surface area contributed by atoms with Crippen molar-refractivity contribution >= 4 is 40.3 Å². The zero-order valence-corrected chi connectivity index (χ0v) is 15.3. The molecule has 0 saturated heterocycles. The molecule has 0 saturated carbocycles. The van der Waals surface area contributed by atoms with Crippen molar-refractivity contribution in [2.24, 2.45) is 0 Å². The number of carbonyl (C=O) groups excluding carboxylic acids is 2. The summed E-state index contributed by atoms with van der Waals surface area (Å²) in [6, 6.07) is 7.66. The smallest absolute Gasteiger partial charge is 0.252 e. The summed E-state index contributed by atoms with van der Waals surface area (Å²) >= 11 is 3.15. The highest BCUT2D eigenvalue weighted by molar-refractivity contribution is 7.15. The molecule has 3 aromatic heterocycles. The summed E-state index contributed by atoms with van der Waals surface area (Å²) in [4.78, 5) is 26.0.